The van der Waals surface area contributed by atoms with Crippen LogP contribution in [0, 0.1) is 0 Å². The lowest BCUT2D eigenvalue weighted by Gasteiger charge is -2.22. The van der Waals surface area contributed by atoms with Gasteiger partial charge in [-0.25, -0.2) is 0 Å². The van der Waals surface area contributed by atoms with Gasteiger partial charge in [0.25, 0.3) is 0 Å². The second kappa shape index (κ2) is 48.3. The lowest BCUT2D eigenvalue weighted by molar-refractivity contribution is -0.143. The van der Waals surface area contributed by atoms with Crippen LogP contribution in [0.15, 0.2) is 12.2 Å². The first-order valence-electron chi connectivity index (χ1n) is 25.9. The van der Waals surface area contributed by atoms with Crippen LogP contribution in [0.2, 0.25) is 0 Å². The van der Waals surface area contributed by atoms with Crippen LogP contribution >= 0.6 is 0 Å². The molecule has 3 N–H and O–H groups in total. The molecular weight excluding hydrogens is 719 g/mol. The van der Waals surface area contributed by atoms with E-state index in [1.54, 1.807) is 0 Å². The zero-order valence-electron chi connectivity index (χ0n) is 39.0. The van der Waals surface area contributed by atoms with E-state index in [1.165, 1.54) is 193 Å². The first kappa shape index (κ1) is 56.6. The van der Waals surface area contributed by atoms with Gasteiger partial charge in [0.05, 0.1) is 25.4 Å². The number of carbonyl (C=O) groups is 2. The highest BCUT2D eigenvalue weighted by Gasteiger charge is 2.20. The van der Waals surface area contributed by atoms with E-state index in [0.29, 0.717) is 25.9 Å². The van der Waals surface area contributed by atoms with Crippen molar-refractivity contribution in [3.63, 3.8) is 0 Å². The molecule has 1 amide bonds. The van der Waals surface area contributed by atoms with Crippen LogP contribution in [0.5, 0.6) is 0 Å². The normalized spacial score (nSPS) is 12.7. The Morgan fingerprint density at radius 3 is 1.24 bits per heavy atom. The number of unbranched alkanes of at least 4 members (excludes halogenated alkanes) is 35. The summed E-state index contributed by atoms with van der Waals surface area (Å²) in [7, 11) is 0. The van der Waals surface area contributed by atoms with Crippen molar-refractivity contribution in [2.75, 3.05) is 13.2 Å². The lowest BCUT2D eigenvalue weighted by Crippen LogP contribution is -2.45. The fourth-order valence-corrected chi connectivity index (χ4v) is 8.05. The Bertz CT molecular complexity index is 863. The highest BCUT2D eigenvalue weighted by Crippen LogP contribution is 2.17. The van der Waals surface area contributed by atoms with Crippen LogP contribution in [0.4, 0.5) is 0 Å². The molecule has 0 spiro atoms. The lowest BCUT2D eigenvalue weighted by atomic mass is 10.0. The smallest absolute Gasteiger partial charge is 0.305 e. The van der Waals surface area contributed by atoms with E-state index in [0.717, 1.165) is 57.8 Å². The summed E-state index contributed by atoms with van der Waals surface area (Å²) < 4.78 is 5.45. The minimum absolute atomic E-state index is 0.0181. The van der Waals surface area contributed by atoms with Gasteiger partial charge in [0, 0.05) is 12.8 Å². The van der Waals surface area contributed by atoms with Crippen molar-refractivity contribution in [1.82, 2.24) is 5.32 Å². The maximum atomic E-state index is 12.5. The van der Waals surface area contributed by atoms with Crippen LogP contribution in [0.3, 0.4) is 0 Å². The fourth-order valence-electron chi connectivity index (χ4n) is 8.05. The van der Waals surface area contributed by atoms with Crippen LogP contribution in [-0.4, -0.2) is 47.4 Å². The number of ether oxygens (including phenoxy) is 1. The molecule has 0 aliphatic rings. The van der Waals surface area contributed by atoms with Gasteiger partial charge < -0.3 is 20.3 Å². The van der Waals surface area contributed by atoms with Gasteiger partial charge in [-0.2, -0.15) is 0 Å². The van der Waals surface area contributed by atoms with Crippen molar-refractivity contribution in [3.05, 3.63) is 12.2 Å². The molecule has 0 aromatic carbocycles. The van der Waals surface area contributed by atoms with Gasteiger partial charge in [-0.15, -0.1) is 0 Å². The molecule has 0 saturated heterocycles. The van der Waals surface area contributed by atoms with E-state index >= 15 is 0 Å². The molecule has 0 radical (unpaired) electrons. The molecule has 6 heteroatoms. The minimum Gasteiger partial charge on any atom is -0.466 e. The number of esters is 1. The number of hydrogen-bond acceptors (Lipinski definition) is 5. The number of hydrogen-bond donors (Lipinski definition) is 3. The summed E-state index contributed by atoms with van der Waals surface area (Å²) >= 11 is 0. The number of carbonyl (C=O) groups excluding carboxylic acids is 2. The quantitative estimate of drug-likeness (QED) is 0.0323. The summed E-state index contributed by atoms with van der Waals surface area (Å²) in [5, 5.41) is 23.2. The Balaban J connectivity index is 3.47. The van der Waals surface area contributed by atoms with E-state index in [1.807, 2.05) is 0 Å². The molecule has 6 nitrogen and oxygen atoms in total. The summed E-state index contributed by atoms with van der Waals surface area (Å²) in [4.78, 5) is 24.5. The molecule has 0 heterocycles. The molecule has 2 atom stereocenters. The number of aliphatic hydroxyl groups excluding tert-OH is 2. The Labute approximate surface area is 361 Å². The van der Waals surface area contributed by atoms with Crippen molar-refractivity contribution in [1.29, 1.82) is 0 Å². The summed E-state index contributed by atoms with van der Waals surface area (Å²) in [5.41, 5.74) is 0. The zero-order chi connectivity index (χ0) is 42.3. The Hall–Kier alpha value is -1.40. The standard InChI is InChI=1S/C52H101NO5/c1-3-5-7-9-11-13-15-17-18-19-21-24-28-32-36-40-44-50(55)49(48-54)53-51(56)45-41-37-33-29-25-22-23-27-31-35-39-43-47-58-52(57)46-42-38-34-30-26-20-16-14-12-10-8-6-4-2/h14,16,49-50,54-55H,3-13,15,17-48H2,1-2H3,(H,53,56)/b16-14-. The van der Waals surface area contributed by atoms with Crippen molar-refractivity contribution >= 4 is 11.9 Å². The first-order chi connectivity index (χ1) is 28.5. The minimum atomic E-state index is -0.674. The second-order valence-corrected chi connectivity index (χ2v) is 17.9. The number of rotatable bonds is 48. The number of allylic oxidation sites excluding steroid dienone is 2. The average Bonchev–Trinajstić information content (AvgIpc) is 3.22. The number of nitrogens with one attached hydrogen (secondary N) is 1. The predicted molar refractivity (Wildman–Crippen MR) is 250 cm³/mol. The monoisotopic (exact) mass is 820 g/mol. The third-order valence-electron chi connectivity index (χ3n) is 12.1. The van der Waals surface area contributed by atoms with E-state index < -0.39 is 12.1 Å². The third-order valence-corrected chi connectivity index (χ3v) is 12.1. The summed E-state index contributed by atoms with van der Waals surface area (Å²) in [6, 6.07) is -0.552. The average molecular weight is 820 g/mol. The van der Waals surface area contributed by atoms with Gasteiger partial charge >= 0.3 is 5.97 Å². The fraction of sp³-hybridized carbons (Fsp3) is 0.923. The Kier molecular flexibility index (Phi) is 47.1. The Morgan fingerprint density at radius 2 is 0.810 bits per heavy atom. The van der Waals surface area contributed by atoms with Gasteiger partial charge in [0.1, 0.15) is 0 Å². The van der Waals surface area contributed by atoms with Gasteiger partial charge in [0.15, 0.2) is 0 Å². The molecule has 0 rings (SSSR count). The molecule has 0 saturated carbocycles. The Morgan fingerprint density at radius 1 is 0.466 bits per heavy atom. The maximum absolute atomic E-state index is 12.5. The van der Waals surface area contributed by atoms with Gasteiger partial charge in [0.2, 0.25) is 5.91 Å². The maximum Gasteiger partial charge on any atom is 0.305 e. The van der Waals surface area contributed by atoms with Crippen LogP contribution in [0.1, 0.15) is 284 Å². The number of amides is 1. The second-order valence-electron chi connectivity index (χ2n) is 17.9. The van der Waals surface area contributed by atoms with Gasteiger partial charge in [-0.05, 0) is 51.4 Å². The first-order valence-corrected chi connectivity index (χ1v) is 25.9. The van der Waals surface area contributed by atoms with Gasteiger partial charge in [-0.1, -0.05) is 231 Å². The molecule has 344 valence electrons. The number of aliphatic hydroxyl groups is 2. The third kappa shape index (κ3) is 44.2. The SMILES string of the molecule is CCCCCC/C=C\CCCCCCCC(=O)OCCCCCCCCCCCCCCC(=O)NC(CO)C(O)CCCCCCCCCCCCCCCCCC. The molecule has 0 aromatic rings. The summed E-state index contributed by atoms with van der Waals surface area (Å²) in [5.74, 6) is -0.0675. The molecule has 0 aromatic heterocycles. The summed E-state index contributed by atoms with van der Waals surface area (Å²) in [6.07, 6.45) is 54.6. The van der Waals surface area contributed by atoms with Crippen LogP contribution in [0.25, 0.3) is 0 Å². The molecule has 0 aliphatic heterocycles. The predicted octanol–water partition coefficient (Wildman–Crippen LogP) is 15.3. The topological polar surface area (TPSA) is 95.9 Å². The van der Waals surface area contributed by atoms with Crippen molar-refractivity contribution < 1.29 is 24.5 Å². The molecule has 2 unspecified atom stereocenters. The summed E-state index contributed by atoms with van der Waals surface area (Å²) in [6.45, 7) is 4.91. The molecule has 58 heavy (non-hydrogen) atoms. The zero-order valence-corrected chi connectivity index (χ0v) is 39.0. The highest BCUT2D eigenvalue weighted by atomic mass is 16.5. The van der Waals surface area contributed by atoms with Crippen LogP contribution in [-0.2, 0) is 14.3 Å². The molecule has 0 fully saturated rings. The van der Waals surface area contributed by atoms with E-state index in [9.17, 15) is 19.8 Å². The molecule has 0 aliphatic carbocycles. The van der Waals surface area contributed by atoms with Crippen molar-refractivity contribution in [2.45, 2.75) is 296 Å². The largest absolute Gasteiger partial charge is 0.466 e. The van der Waals surface area contributed by atoms with Crippen LogP contribution < -0.4 is 5.32 Å². The van der Waals surface area contributed by atoms with Gasteiger partial charge in [-0.3, -0.25) is 9.59 Å². The van der Waals surface area contributed by atoms with Crippen molar-refractivity contribution in [3.8, 4) is 0 Å². The molecular formula is C52H101NO5. The van der Waals surface area contributed by atoms with E-state index in [-0.39, 0.29) is 18.5 Å². The van der Waals surface area contributed by atoms with Crippen molar-refractivity contribution in [2.24, 2.45) is 0 Å². The molecule has 0 bridgehead atoms. The highest BCUT2D eigenvalue weighted by molar-refractivity contribution is 5.76. The van der Waals surface area contributed by atoms with E-state index in [2.05, 4.69) is 31.3 Å². The van der Waals surface area contributed by atoms with E-state index in [4.69, 9.17) is 4.74 Å².